The average molecular weight is 475 g/mol. The van der Waals surface area contributed by atoms with Crippen LogP contribution >= 0.6 is 0 Å². The lowest BCUT2D eigenvalue weighted by Crippen LogP contribution is -2.57. The third-order valence-electron chi connectivity index (χ3n) is 7.44. The zero-order valence-electron chi connectivity index (χ0n) is 19.7. The van der Waals surface area contributed by atoms with E-state index in [0.717, 1.165) is 50.1 Å². The summed E-state index contributed by atoms with van der Waals surface area (Å²) >= 11 is 0. The van der Waals surface area contributed by atoms with E-state index in [9.17, 15) is 10.1 Å². The van der Waals surface area contributed by atoms with Gasteiger partial charge in [0.25, 0.3) is 0 Å². The van der Waals surface area contributed by atoms with Crippen molar-refractivity contribution in [3.63, 3.8) is 0 Å². The minimum absolute atomic E-state index is 0.0809. The summed E-state index contributed by atoms with van der Waals surface area (Å²) in [6.45, 7) is 2.78. The molecular formula is C25H30N8O2. The van der Waals surface area contributed by atoms with Crippen LogP contribution in [-0.4, -0.2) is 64.1 Å². The molecule has 1 amide bonds. The summed E-state index contributed by atoms with van der Waals surface area (Å²) in [5.74, 6) is 2.56. The van der Waals surface area contributed by atoms with Crippen LogP contribution < -0.4 is 16.0 Å². The highest BCUT2D eigenvalue weighted by Crippen LogP contribution is 2.45. The zero-order chi connectivity index (χ0) is 23.9. The van der Waals surface area contributed by atoms with E-state index >= 15 is 0 Å². The minimum Gasteiger partial charge on any atom is -0.384 e. The fourth-order valence-corrected chi connectivity index (χ4v) is 5.12. The van der Waals surface area contributed by atoms with E-state index in [1.54, 1.807) is 12.3 Å². The molecule has 2 aliphatic carbocycles. The van der Waals surface area contributed by atoms with Crippen LogP contribution in [0.3, 0.4) is 0 Å². The van der Waals surface area contributed by atoms with Crippen molar-refractivity contribution in [1.82, 2.24) is 19.9 Å². The Morgan fingerprint density at radius 3 is 2.71 bits per heavy atom. The Labute approximate surface area is 204 Å². The standard InChI is InChI=1S/C25H30N8O2/c26-13-17-11-19(29-25-28-7-5-21(27)30-25)23(16-3-4-16)31-24(17)32-8-9-33(20(14-32)15-1-2-15)22(34)12-18-6-10-35-18/h5,7,11,15-16,18,20H,1-4,6,8-10,12,14H2,(H3,27,28,29,30). The number of amides is 1. The van der Waals surface area contributed by atoms with Gasteiger partial charge in [-0.3, -0.25) is 4.79 Å². The SMILES string of the molecule is N#Cc1cc(Nc2nccc(N)n2)c(C2CC2)nc1N1CCN(C(=O)CC2CCO2)C(C2CC2)C1. The first-order chi connectivity index (χ1) is 17.1. The van der Waals surface area contributed by atoms with Gasteiger partial charge in [-0.05, 0) is 50.2 Å². The van der Waals surface area contributed by atoms with Crippen molar-refractivity contribution in [2.75, 3.05) is 42.2 Å². The lowest BCUT2D eigenvalue weighted by molar-refractivity contribution is -0.142. The van der Waals surface area contributed by atoms with Gasteiger partial charge in [-0.25, -0.2) is 9.97 Å². The number of nitrogens with two attached hydrogens (primary N) is 1. The first-order valence-electron chi connectivity index (χ1n) is 12.6. The first-order valence-corrected chi connectivity index (χ1v) is 12.6. The van der Waals surface area contributed by atoms with Crippen molar-refractivity contribution in [2.24, 2.45) is 5.92 Å². The Bertz CT molecular complexity index is 1170. The molecule has 4 fully saturated rings. The van der Waals surface area contributed by atoms with Gasteiger partial charge >= 0.3 is 0 Å². The Balaban J connectivity index is 1.26. The van der Waals surface area contributed by atoms with Crippen molar-refractivity contribution in [1.29, 1.82) is 5.26 Å². The number of pyridine rings is 1. The lowest BCUT2D eigenvalue weighted by atomic mass is 10.0. The smallest absolute Gasteiger partial charge is 0.229 e. The Morgan fingerprint density at radius 1 is 1.23 bits per heavy atom. The zero-order valence-corrected chi connectivity index (χ0v) is 19.7. The van der Waals surface area contributed by atoms with E-state index in [2.05, 4.69) is 31.2 Å². The predicted octanol–water partition coefficient (Wildman–Crippen LogP) is 2.55. The molecule has 0 spiro atoms. The van der Waals surface area contributed by atoms with Crippen LogP contribution in [0, 0.1) is 17.2 Å². The third-order valence-corrected chi connectivity index (χ3v) is 7.44. The van der Waals surface area contributed by atoms with Gasteiger partial charge in [0.2, 0.25) is 11.9 Å². The number of anilines is 4. The fourth-order valence-electron chi connectivity index (χ4n) is 5.12. The van der Waals surface area contributed by atoms with Gasteiger partial charge in [-0.15, -0.1) is 0 Å². The summed E-state index contributed by atoms with van der Waals surface area (Å²) in [5.41, 5.74) is 8.02. The number of ether oxygens (including phenoxy) is 1. The molecule has 10 nitrogen and oxygen atoms in total. The Kier molecular flexibility index (Phi) is 5.65. The van der Waals surface area contributed by atoms with Gasteiger partial charge in [-0.2, -0.15) is 10.2 Å². The van der Waals surface area contributed by atoms with Gasteiger partial charge in [0.15, 0.2) is 0 Å². The molecule has 2 saturated carbocycles. The fraction of sp³-hybridized carbons (Fsp3) is 0.560. The van der Waals surface area contributed by atoms with Crippen LogP contribution in [0.4, 0.5) is 23.3 Å². The van der Waals surface area contributed by atoms with E-state index in [0.29, 0.717) is 61.0 Å². The second kappa shape index (κ2) is 8.96. The molecule has 0 aromatic carbocycles. The van der Waals surface area contributed by atoms with E-state index in [-0.39, 0.29) is 18.1 Å². The number of carbonyl (C=O) groups excluding carboxylic acids is 1. The molecule has 4 heterocycles. The van der Waals surface area contributed by atoms with E-state index in [1.807, 2.05) is 6.07 Å². The predicted molar refractivity (Wildman–Crippen MR) is 130 cm³/mol. The Morgan fingerprint density at radius 2 is 2.06 bits per heavy atom. The van der Waals surface area contributed by atoms with E-state index in [1.165, 1.54) is 0 Å². The summed E-state index contributed by atoms with van der Waals surface area (Å²) < 4.78 is 5.50. The van der Waals surface area contributed by atoms with Crippen molar-refractivity contribution in [3.05, 3.63) is 29.6 Å². The molecule has 6 rings (SSSR count). The highest BCUT2D eigenvalue weighted by molar-refractivity contribution is 5.78. The van der Waals surface area contributed by atoms with Crippen LogP contribution in [0.1, 0.15) is 55.7 Å². The highest BCUT2D eigenvalue weighted by Gasteiger charge is 2.42. The molecular weight excluding hydrogens is 444 g/mol. The van der Waals surface area contributed by atoms with Gasteiger partial charge < -0.3 is 25.6 Å². The van der Waals surface area contributed by atoms with Crippen LogP contribution in [0.2, 0.25) is 0 Å². The number of hydrogen-bond acceptors (Lipinski definition) is 9. The molecule has 3 N–H and O–H groups in total. The van der Waals surface area contributed by atoms with E-state index < -0.39 is 0 Å². The van der Waals surface area contributed by atoms with Crippen LogP contribution in [0.5, 0.6) is 0 Å². The number of nitrogens with zero attached hydrogens (tertiary/aromatic N) is 6. The normalized spacial score (nSPS) is 24.0. The number of piperazine rings is 1. The minimum atomic E-state index is 0.0809. The lowest BCUT2D eigenvalue weighted by Gasteiger charge is -2.43. The van der Waals surface area contributed by atoms with Crippen LogP contribution in [-0.2, 0) is 9.53 Å². The second-order valence-electron chi connectivity index (χ2n) is 10.0. The molecule has 35 heavy (non-hydrogen) atoms. The summed E-state index contributed by atoms with van der Waals surface area (Å²) in [5, 5.41) is 13.2. The van der Waals surface area contributed by atoms with Crippen molar-refractivity contribution < 1.29 is 9.53 Å². The summed E-state index contributed by atoms with van der Waals surface area (Å²) in [6.07, 6.45) is 7.57. The highest BCUT2D eigenvalue weighted by atomic mass is 16.5. The number of carbonyl (C=O) groups is 1. The number of nitrogens with one attached hydrogen (secondary N) is 1. The van der Waals surface area contributed by atoms with Crippen molar-refractivity contribution in [2.45, 2.75) is 56.6 Å². The van der Waals surface area contributed by atoms with Gasteiger partial charge in [0, 0.05) is 38.4 Å². The summed E-state index contributed by atoms with van der Waals surface area (Å²) in [4.78, 5) is 30.8. The summed E-state index contributed by atoms with van der Waals surface area (Å²) in [7, 11) is 0. The molecule has 2 aromatic heterocycles. The maximum atomic E-state index is 13.0. The molecule has 2 aromatic rings. The maximum absolute atomic E-state index is 13.0. The van der Waals surface area contributed by atoms with Gasteiger partial charge in [0.1, 0.15) is 17.7 Å². The number of aromatic nitrogens is 3. The van der Waals surface area contributed by atoms with Crippen molar-refractivity contribution in [3.8, 4) is 6.07 Å². The van der Waals surface area contributed by atoms with Crippen molar-refractivity contribution >= 4 is 29.2 Å². The topological polar surface area (TPSA) is 133 Å². The largest absolute Gasteiger partial charge is 0.384 e. The number of hydrogen-bond donors (Lipinski definition) is 2. The van der Waals surface area contributed by atoms with Gasteiger partial charge in [-0.1, -0.05) is 0 Å². The first kappa shape index (κ1) is 22.0. The molecule has 2 aliphatic heterocycles. The summed E-state index contributed by atoms with van der Waals surface area (Å²) in [6, 6.07) is 6.00. The van der Waals surface area contributed by atoms with E-state index in [4.69, 9.17) is 15.5 Å². The molecule has 2 atom stereocenters. The molecule has 4 aliphatic rings. The van der Waals surface area contributed by atoms with Gasteiger partial charge in [0.05, 0.1) is 35.5 Å². The molecule has 10 heteroatoms. The number of rotatable bonds is 7. The quantitative estimate of drug-likeness (QED) is 0.621. The molecule has 2 saturated heterocycles. The average Bonchev–Trinajstić information content (AvgIpc) is 3.74. The second-order valence-corrected chi connectivity index (χ2v) is 10.0. The molecule has 0 bridgehead atoms. The number of nitrogen functional groups attached to an aromatic ring is 1. The Hall–Kier alpha value is -3.45. The molecule has 0 radical (unpaired) electrons. The third kappa shape index (κ3) is 4.60. The molecule has 182 valence electrons. The number of nitriles is 1. The van der Waals surface area contributed by atoms with Crippen LogP contribution in [0.25, 0.3) is 0 Å². The monoisotopic (exact) mass is 474 g/mol. The molecule has 2 unspecified atom stereocenters. The maximum Gasteiger partial charge on any atom is 0.229 e. The van der Waals surface area contributed by atoms with Crippen LogP contribution in [0.15, 0.2) is 18.3 Å².